The number of piperidine rings is 1. The molecule has 5 heterocycles. The monoisotopic (exact) mass is 1090 g/mol. The van der Waals surface area contributed by atoms with Crippen LogP contribution in [-0.4, -0.2) is 150 Å². The number of likely N-dealkylation sites (tertiary alicyclic amines) is 1. The van der Waals surface area contributed by atoms with Gasteiger partial charge in [0, 0.05) is 66.4 Å². The average molecular weight is 1090 g/mol. The lowest BCUT2D eigenvalue weighted by molar-refractivity contribution is -0.140. The first-order chi connectivity index (χ1) is 36.9. The van der Waals surface area contributed by atoms with Gasteiger partial charge in [0.15, 0.2) is 16.4 Å². The minimum atomic E-state index is -4.53. The van der Waals surface area contributed by atoms with Gasteiger partial charge in [-0.05, 0) is 82.6 Å². The van der Waals surface area contributed by atoms with Crippen molar-refractivity contribution in [3.8, 4) is 34.5 Å². The molecule has 19 nitrogen and oxygen atoms in total. The number of benzene rings is 2. The number of anilines is 3. The third kappa shape index (κ3) is 16.2. The maximum Gasteiger partial charge on any atom is 0.406 e. The summed E-state index contributed by atoms with van der Waals surface area (Å²) < 4.78 is 117. The van der Waals surface area contributed by atoms with Crippen molar-refractivity contribution in [2.24, 2.45) is 0 Å². The number of carbonyl (C=O) groups excluding carboxylic acids is 1. The number of carbonyl (C=O) groups is 1. The molecule has 1 saturated heterocycles. The number of fused-ring (bicyclic) bond motifs is 1. The van der Waals surface area contributed by atoms with Gasteiger partial charge in [0.05, 0.1) is 104 Å². The molecule has 0 aliphatic carbocycles. The summed E-state index contributed by atoms with van der Waals surface area (Å²) in [6, 6.07) is 15.0. The lowest BCUT2D eigenvalue weighted by Crippen LogP contribution is -2.46. The Bertz CT molecular complexity index is 3170. The van der Waals surface area contributed by atoms with Gasteiger partial charge in [-0.2, -0.15) is 13.2 Å². The second-order valence-corrected chi connectivity index (χ2v) is 20.3. The number of methoxy groups -OCH3 is 1. The summed E-state index contributed by atoms with van der Waals surface area (Å²) in [5.41, 5.74) is 4.23. The fraction of sp³-hybridized carbons (Fsp3) is 0.434. The first kappa shape index (κ1) is 57.5. The number of hydrogen-bond donors (Lipinski definition) is 5. The van der Waals surface area contributed by atoms with Gasteiger partial charge >= 0.3 is 6.18 Å². The summed E-state index contributed by atoms with van der Waals surface area (Å²) in [5.74, 6) is 6.31. The van der Waals surface area contributed by atoms with E-state index in [2.05, 4.69) is 48.2 Å². The maximum atomic E-state index is 14.9. The van der Waals surface area contributed by atoms with E-state index in [4.69, 9.17) is 28.2 Å². The van der Waals surface area contributed by atoms with Crippen molar-refractivity contribution in [1.82, 2.24) is 29.9 Å². The predicted octanol–water partition coefficient (Wildman–Crippen LogP) is 6.68. The fourth-order valence-electron chi connectivity index (χ4n) is 8.55. The van der Waals surface area contributed by atoms with Crippen LogP contribution in [0.25, 0.3) is 22.0 Å². The second kappa shape index (κ2) is 26.7. The predicted molar refractivity (Wildman–Crippen MR) is 282 cm³/mol. The van der Waals surface area contributed by atoms with Gasteiger partial charge in [-0.1, -0.05) is 17.1 Å². The molecule has 4 aromatic heterocycles. The number of ether oxygens (including phenoxy) is 5. The molecule has 24 heteroatoms. The van der Waals surface area contributed by atoms with Crippen LogP contribution in [0.15, 0.2) is 87.3 Å². The van der Waals surface area contributed by atoms with E-state index in [1.54, 1.807) is 61.8 Å². The largest absolute Gasteiger partial charge is 0.495 e. The summed E-state index contributed by atoms with van der Waals surface area (Å²) in [4.78, 5) is 34.1. The molecular weight excluding hydrogens is 1030 g/mol. The Morgan fingerprint density at radius 2 is 1.75 bits per heavy atom. The Morgan fingerprint density at radius 1 is 0.987 bits per heavy atom. The van der Waals surface area contributed by atoms with Gasteiger partial charge in [0.2, 0.25) is 0 Å². The first-order valence-corrected chi connectivity index (χ1v) is 26.5. The fourth-order valence-corrected chi connectivity index (χ4v) is 9.69. The van der Waals surface area contributed by atoms with Crippen LogP contribution in [-0.2, 0) is 35.4 Å². The van der Waals surface area contributed by atoms with Crippen LogP contribution in [0.2, 0.25) is 0 Å². The van der Waals surface area contributed by atoms with Gasteiger partial charge < -0.3 is 63.9 Å². The van der Waals surface area contributed by atoms with Gasteiger partial charge in [-0.15, -0.1) is 0 Å². The number of pyridine rings is 2. The number of aromatic amines is 1. The molecule has 0 saturated carbocycles. The van der Waals surface area contributed by atoms with Crippen LogP contribution < -0.4 is 36.3 Å². The SMILES string of the molecule is COc1cc(S(=O)(=O)CCOCCOCCOCCNC(=O)COc2ccnc([C@@H](C)Nc3cc(-c4c(C)noc4C)c[nH]c3=O)c2)ccc1NCC#Cc1cc2c(N[C@@H]3CCN(C)C[C@@H]3F)cccc2n1CC(F)(F)F. The number of aromatic nitrogens is 4. The number of aryl methyl sites for hydroxylation is 2. The van der Waals surface area contributed by atoms with Crippen LogP contribution in [0.5, 0.6) is 11.5 Å². The number of hydrogen-bond acceptors (Lipinski definition) is 16. The highest BCUT2D eigenvalue weighted by Gasteiger charge is 2.31. The number of H-pyrrole nitrogens is 1. The summed E-state index contributed by atoms with van der Waals surface area (Å²) >= 11 is 0. The van der Waals surface area contributed by atoms with Crippen molar-refractivity contribution < 1.29 is 59.0 Å². The summed E-state index contributed by atoms with van der Waals surface area (Å²) in [6.45, 7) is 6.07. The van der Waals surface area contributed by atoms with E-state index < -0.39 is 34.8 Å². The van der Waals surface area contributed by atoms with Crippen molar-refractivity contribution in [3.63, 3.8) is 0 Å². The lowest BCUT2D eigenvalue weighted by Gasteiger charge is -2.33. The summed E-state index contributed by atoms with van der Waals surface area (Å²) in [7, 11) is -0.565. The van der Waals surface area contributed by atoms with Crippen LogP contribution in [0.1, 0.15) is 42.2 Å². The van der Waals surface area contributed by atoms with Crippen LogP contribution in [0, 0.1) is 25.7 Å². The standard InChI is InChI=1S/C53H63F4N9O10S/c1-34(62-47-26-37(30-61-52(47)68)51-35(2)64-76-36(51)3)46-28-39(13-16-59-46)75-32-50(67)60-17-19-72-20-21-73-22-23-74-24-25-77(69,70)40-11-12-45(49(29-40)71-5)58-15-7-8-38-27-41-43(63-44-14-18-65(4)31-42(44)54)9-6-10-48(41)66(38)33-53(55,56)57/h6,9-13,16,26-30,34,42,44,58,62-63H,14-15,17-25,31-33H2,1-5H3,(H,60,67)(H,61,68)/t34-,42+,44-/m1/s1. The van der Waals surface area contributed by atoms with Gasteiger partial charge in [-0.3, -0.25) is 14.6 Å². The molecule has 5 N–H and O–H groups in total. The second-order valence-electron chi connectivity index (χ2n) is 18.2. The molecular formula is C53H63F4N9O10S. The molecule has 0 spiro atoms. The molecule has 1 fully saturated rings. The Morgan fingerprint density at radius 3 is 2.48 bits per heavy atom. The minimum absolute atomic E-state index is 0.00266. The van der Waals surface area contributed by atoms with Gasteiger partial charge in [0.25, 0.3) is 11.5 Å². The van der Waals surface area contributed by atoms with E-state index in [1.807, 2.05) is 25.8 Å². The molecule has 414 valence electrons. The van der Waals surface area contributed by atoms with E-state index in [1.165, 1.54) is 25.3 Å². The molecule has 77 heavy (non-hydrogen) atoms. The normalized spacial score (nSPS) is 15.4. The molecule has 0 radical (unpaired) electrons. The Balaban J connectivity index is 0.765. The maximum absolute atomic E-state index is 14.9. The highest BCUT2D eigenvalue weighted by molar-refractivity contribution is 7.91. The third-order valence-corrected chi connectivity index (χ3v) is 14.1. The zero-order valence-electron chi connectivity index (χ0n) is 43.4. The molecule has 7 rings (SSSR count). The lowest BCUT2D eigenvalue weighted by atomic mass is 10.0. The summed E-state index contributed by atoms with van der Waals surface area (Å²) in [5, 5.41) is 16.7. The number of nitrogens with zero attached hydrogens (tertiary/aromatic N) is 4. The minimum Gasteiger partial charge on any atom is -0.495 e. The van der Waals surface area contributed by atoms with E-state index in [9.17, 15) is 35.6 Å². The number of rotatable bonds is 26. The molecule has 3 atom stereocenters. The topological polar surface area (TPSA) is 225 Å². The smallest absolute Gasteiger partial charge is 0.406 e. The van der Waals surface area contributed by atoms with Gasteiger partial charge in [-0.25, -0.2) is 12.8 Å². The van der Waals surface area contributed by atoms with Crippen molar-refractivity contribution in [2.75, 3.05) is 108 Å². The zero-order valence-corrected chi connectivity index (χ0v) is 44.2. The highest BCUT2D eigenvalue weighted by Crippen LogP contribution is 2.33. The van der Waals surface area contributed by atoms with E-state index >= 15 is 0 Å². The van der Waals surface area contributed by atoms with Crippen molar-refractivity contribution >= 4 is 43.7 Å². The van der Waals surface area contributed by atoms with Gasteiger partial charge in [0.1, 0.15) is 35.7 Å². The van der Waals surface area contributed by atoms with Crippen molar-refractivity contribution in [1.29, 1.82) is 0 Å². The molecule has 1 aliphatic heterocycles. The Kier molecular flexibility index (Phi) is 20.0. The number of amides is 1. The quantitative estimate of drug-likeness (QED) is 0.0217. The number of alkyl halides is 4. The van der Waals surface area contributed by atoms with E-state index in [0.29, 0.717) is 63.8 Å². The van der Waals surface area contributed by atoms with Crippen LogP contribution in [0.3, 0.4) is 0 Å². The van der Waals surface area contributed by atoms with Crippen molar-refractivity contribution in [2.45, 2.75) is 63.1 Å². The van der Waals surface area contributed by atoms with Crippen LogP contribution in [0.4, 0.5) is 34.6 Å². The van der Waals surface area contributed by atoms with E-state index in [0.717, 1.165) is 15.7 Å². The molecule has 2 aromatic carbocycles. The molecule has 0 unspecified atom stereocenters. The number of sulfone groups is 1. The number of halogens is 4. The highest BCUT2D eigenvalue weighted by atomic mass is 32.2. The molecule has 6 aromatic rings. The van der Waals surface area contributed by atoms with Crippen molar-refractivity contribution in [3.05, 3.63) is 106 Å². The van der Waals surface area contributed by atoms with E-state index in [-0.39, 0.29) is 105 Å². The average Bonchev–Trinajstić information content (AvgIpc) is 3.95. The zero-order chi connectivity index (χ0) is 55.1. The third-order valence-electron chi connectivity index (χ3n) is 12.5. The molecule has 1 amide bonds. The Labute approximate surface area is 443 Å². The Hall–Kier alpha value is -7.17. The number of nitrogens with one attached hydrogen (secondary N) is 5. The molecule has 1 aliphatic rings. The first-order valence-electron chi connectivity index (χ1n) is 24.8. The summed E-state index contributed by atoms with van der Waals surface area (Å²) in [6.07, 6.45) is -1.98. The molecule has 0 bridgehead atoms. The van der Waals surface area contributed by atoms with Crippen LogP contribution >= 0.6 is 0 Å².